The molecule has 0 spiro atoms. The molecular formula is C23H22Cl2N2O3S. The zero-order valence-corrected chi connectivity index (χ0v) is 19.6. The zero-order chi connectivity index (χ0) is 22.8. The Kier molecular flexibility index (Phi) is 6.94. The molecule has 1 amide bonds. The first kappa shape index (κ1) is 23.1. The van der Waals surface area contributed by atoms with E-state index in [4.69, 9.17) is 23.2 Å². The highest BCUT2D eigenvalue weighted by Crippen LogP contribution is 2.29. The van der Waals surface area contributed by atoms with E-state index in [9.17, 15) is 13.2 Å². The van der Waals surface area contributed by atoms with Gasteiger partial charge in [-0.1, -0.05) is 35.3 Å². The van der Waals surface area contributed by atoms with Gasteiger partial charge in [0.25, 0.3) is 5.91 Å². The van der Waals surface area contributed by atoms with Crippen LogP contribution in [0.3, 0.4) is 0 Å². The quantitative estimate of drug-likeness (QED) is 0.486. The van der Waals surface area contributed by atoms with Crippen molar-refractivity contribution in [3.8, 4) is 0 Å². The number of nitrogens with zero attached hydrogens (tertiary/aromatic N) is 1. The van der Waals surface area contributed by atoms with E-state index in [1.165, 1.54) is 4.31 Å². The third-order valence-electron chi connectivity index (χ3n) is 4.95. The second kappa shape index (κ2) is 9.30. The number of benzene rings is 3. The van der Waals surface area contributed by atoms with E-state index in [1.807, 2.05) is 32.0 Å². The zero-order valence-electron chi connectivity index (χ0n) is 17.3. The summed E-state index contributed by atoms with van der Waals surface area (Å²) in [4.78, 5) is 12.6. The van der Waals surface area contributed by atoms with Crippen molar-refractivity contribution in [3.63, 3.8) is 0 Å². The van der Waals surface area contributed by atoms with Crippen LogP contribution in [0.2, 0.25) is 10.0 Å². The molecule has 0 unspecified atom stereocenters. The average Bonchev–Trinajstić information content (AvgIpc) is 2.70. The summed E-state index contributed by atoms with van der Waals surface area (Å²) < 4.78 is 26.1. The van der Waals surface area contributed by atoms with Crippen molar-refractivity contribution in [3.05, 3.63) is 93.0 Å². The van der Waals surface area contributed by atoms with Crippen LogP contribution in [0.25, 0.3) is 0 Å². The fraction of sp³-hybridized carbons (Fsp3) is 0.174. The van der Waals surface area contributed by atoms with Crippen LogP contribution in [0.4, 0.5) is 11.4 Å². The molecule has 31 heavy (non-hydrogen) atoms. The maximum Gasteiger partial charge on any atom is 0.255 e. The Bertz CT molecular complexity index is 1210. The minimum Gasteiger partial charge on any atom is -0.322 e. The van der Waals surface area contributed by atoms with E-state index < -0.39 is 10.0 Å². The van der Waals surface area contributed by atoms with Gasteiger partial charge in [-0.05, 0) is 73.5 Å². The lowest BCUT2D eigenvalue weighted by molar-refractivity contribution is 0.102. The molecule has 3 rings (SSSR count). The molecule has 0 saturated heterocycles. The molecule has 0 radical (unpaired) electrons. The Labute approximate surface area is 192 Å². The Morgan fingerprint density at radius 1 is 0.935 bits per heavy atom. The molecule has 8 heteroatoms. The number of aryl methyl sites for hydroxylation is 2. The first-order valence-corrected chi connectivity index (χ1v) is 12.1. The van der Waals surface area contributed by atoms with Gasteiger partial charge in [-0.15, -0.1) is 0 Å². The summed E-state index contributed by atoms with van der Waals surface area (Å²) in [6, 6.07) is 17.0. The monoisotopic (exact) mass is 476 g/mol. The lowest BCUT2D eigenvalue weighted by Gasteiger charge is -2.23. The highest BCUT2D eigenvalue weighted by atomic mass is 35.5. The number of nitrogens with one attached hydrogen (secondary N) is 1. The SMILES string of the molecule is Cc1ccc(NC(=O)c2ccc(N(Cc3c(Cl)cccc3Cl)S(C)(=O)=O)cc2)cc1C. The van der Waals surface area contributed by atoms with Crippen molar-refractivity contribution < 1.29 is 13.2 Å². The van der Waals surface area contributed by atoms with Gasteiger partial charge in [-0.2, -0.15) is 0 Å². The highest BCUT2D eigenvalue weighted by Gasteiger charge is 2.21. The number of halogens is 2. The fourth-order valence-corrected chi connectivity index (χ4v) is 4.41. The average molecular weight is 477 g/mol. The molecule has 0 fully saturated rings. The Morgan fingerprint density at radius 2 is 1.55 bits per heavy atom. The van der Waals surface area contributed by atoms with Gasteiger partial charge >= 0.3 is 0 Å². The number of carbonyl (C=O) groups excluding carboxylic acids is 1. The lowest BCUT2D eigenvalue weighted by atomic mass is 10.1. The van der Waals surface area contributed by atoms with E-state index in [0.717, 1.165) is 17.4 Å². The molecule has 0 aliphatic carbocycles. The van der Waals surface area contributed by atoms with Crippen molar-refractivity contribution in [2.75, 3.05) is 15.9 Å². The molecule has 1 N–H and O–H groups in total. The van der Waals surface area contributed by atoms with Crippen LogP contribution in [0.15, 0.2) is 60.7 Å². The van der Waals surface area contributed by atoms with Crippen LogP contribution in [-0.4, -0.2) is 20.6 Å². The highest BCUT2D eigenvalue weighted by molar-refractivity contribution is 7.92. The van der Waals surface area contributed by atoms with Crippen LogP contribution in [0.5, 0.6) is 0 Å². The standard InChI is InChI=1S/C23H22Cl2N2O3S/c1-15-7-10-18(13-16(15)2)26-23(28)17-8-11-19(12-9-17)27(31(3,29)30)14-20-21(24)5-4-6-22(20)25/h4-13H,14H2,1-3H3,(H,26,28). The summed E-state index contributed by atoms with van der Waals surface area (Å²) in [7, 11) is -3.62. The number of carbonyl (C=O) groups is 1. The van der Waals surface area contributed by atoms with E-state index >= 15 is 0 Å². The second-order valence-electron chi connectivity index (χ2n) is 7.27. The van der Waals surface area contributed by atoms with E-state index in [1.54, 1.807) is 42.5 Å². The van der Waals surface area contributed by atoms with Crippen molar-refractivity contribution in [1.29, 1.82) is 0 Å². The molecular weight excluding hydrogens is 455 g/mol. The second-order valence-corrected chi connectivity index (χ2v) is 9.99. The third-order valence-corrected chi connectivity index (χ3v) is 6.79. The summed E-state index contributed by atoms with van der Waals surface area (Å²) in [6.07, 6.45) is 1.11. The number of anilines is 2. The molecule has 162 valence electrons. The first-order chi connectivity index (χ1) is 14.6. The molecule has 0 aromatic heterocycles. The minimum atomic E-state index is -3.62. The van der Waals surface area contributed by atoms with Crippen LogP contribution in [0, 0.1) is 13.8 Å². The smallest absolute Gasteiger partial charge is 0.255 e. The van der Waals surface area contributed by atoms with Gasteiger partial charge in [-0.3, -0.25) is 9.10 Å². The van der Waals surface area contributed by atoms with Gasteiger partial charge < -0.3 is 5.32 Å². The normalized spacial score (nSPS) is 11.3. The van der Waals surface area contributed by atoms with Gasteiger partial charge in [-0.25, -0.2) is 8.42 Å². The Balaban J connectivity index is 1.84. The fourth-order valence-electron chi connectivity index (χ4n) is 3.03. The molecule has 3 aromatic rings. The number of amides is 1. The predicted octanol–water partition coefficient (Wildman–Crippen LogP) is 5.83. The predicted molar refractivity (Wildman–Crippen MR) is 128 cm³/mol. The summed E-state index contributed by atoms with van der Waals surface area (Å²) >= 11 is 12.4. The molecule has 0 heterocycles. The van der Waals surface area contributed by atoms with Gasteiger partial charge in [0.15, 0.2) is 0 Å². The molecule has 0 aliphatic rings. The Hall–Kier alpha value is -2.54. The molecule has 0 saturated carbocycles. The van der Waals surface area contributed by atoms with Gasteiger partial charge in [0.2, 0.25) is 10.0 Å². The maximum absolute atomic E-state index is 12.6. The number of hydrogen-bond acceptors (Lipinski definition) is 3. The number of hydrogen-bond donors (Lipinski definition) is 1. The topological polar surface area (TPSA) is 66.5 Å². The molecule has 0 bridgehead atoms. The van der Waals surface area contributed by atoms with E-state index in [2.05, 4.69) is 5.32 Å². The van der Waals surface area contributed by atoms with Crippen LogP contribution in [0.1, 0.15) is 27.0 Å². The van der Waals surface area contributed by atoms with Crippen LogP contribution >= 0.6 is 23.2 Å². The number of rotatable bonds is 6. The van der Waals surface area contributed by atoms with Crippen LogP contribution in [-0.2, 0) is 16.6 Å². The lowest BCUT2D eigenvalue weighted by Crippen LogP contribution is -2.29. The van der Waals surface area contributed by atoms with Crippen molar-refractivity contribution in [2.24, 2.45) is 0 Å². The largest absolute Gasteiger partial charge is 0.322 e. The van der Waals surface area contributed by atoms with E-state index in [-0.39, 0.29) is 12.5 Å². The summed E-state index contributed by atoms with van der Waals surface area (Å²) in [6.45, 7) is 3.96. The Morgan fingerprint density at radius 3 is 2.10 bits per heavy atom. The molecule has 0 atom stereocenters. The summed E-state index contributed by atoms with van der Waals surface area (Å²) in [5.74, 6) is -0.283. The van der Waals surface area contributed by atoms with Gasteiger partial charge in [0.05, 0.1) is 18.5 Å². The van der Waals surface area contributed by atoms with E-state index in [0.29, 0.717) is 32.5 Å². The number of sulfonamides is 1. The van der Waals surface area contributed by atoms with Crippen molar-refractivity contribution in [2.45, 2.75) is 20.4 Å². The summed E-state index contributed by atoms with van der Waals surface area (Å²) in [5.41, 5.74) is 4.24. The molecule has 3 aromatic carbocycles. The van der Waals surface area contributed by atoms with Crippen molar-refractivity contribution in [1.82, 2.24) is 0 Å². The minimum absolute atomic E-state index is 0.0223. The summed E-state index contributed by atoms with van der Waals surface area (Å²) in [5, 5.41) is 3.61. The van der Waals surface area contributed by atoms with Gasteiger partial charge in [0.1, 0.15) is 0 Å². The third kappa shape index (κ3) is 5.58. The molecule has 5 nitrogen and oxygen atoms in total. The first-order valence-electron chi connectivity index (χ1n) is 9.45. The molecule has 0 aliphatic heterocycles. The maximum atomic E-state index is 12.6. The van der Waals surface area contributed by atoms with Gasteiger partial charge in [0, 0.05) is 26.9 Å². The van der Waals surface area contributed by atoms with Crippen LogP contribution < -0.4 is 9.62 Å². The van der Waals surface area contributed by atoms with Crippen molar-refractivity contribution >= 4 is 50.5 Å².